The molecule has 2 saturated heterocycles. The lowest BCUT2D eigenvalue weighted by molar-refractivity contribution is 0.0941. The quantitative estimate of drug-likeness (QED) is 0.574. The summed E-state index contributed by atoms with van der Waals surface area (Å²) in [7, 11) is 0. The Hall–Kier alpha value is -1.72. The summed E-state index contributed by atoms with van der Waals surface area (Å²) in [4.78, 5) is 7.64. The topological polar surface area (TPSA) is 19.0 Å². The predicted octanol–water partition coefficient (Wildman–Crippen LogP) is 3.62. The molecule has 0 aliphatic carbocycles. The molecule has 156 valence electrons. The van der Waals surface area contributed by atoms with E-state index in [4.69, 9.17) is 4.74 Å². The van der Waals surface area contributed by atoms with Crippen molar-refractivity contribution >= 4 is 0 Å². The van der Waals surface area contributed by atoms with Gasteiger partial charge in [0.2, 0.25) is 0 Å². The van der Waals surface area contributed by atoms with Crippen LogP contribution in [0, 0.1) is 0 Å². The molecule has 4 nitrogen and oxygen atoms in total. The van der Waals surface area contributed by atoms with Crippen molar-refractivity contribution in [3.05, 3.63) is 71.3 Å². The fourth-order valence-electron chi connectivity index (χ4n) is 4.33. The van der Waals surface area contributed by atoms with Crippen molar-refractivity contribution in [2.24, 2.45) is 0 Å². The highest BCUT2D eigenvalue weighted by molar-refractivity contribution is 5.23. The summed E-state index contributed by atoms with van der Waals surface area (Å²) in [6.07, 6.45) is 3.87. The third-order valence-corrected chi connectivity index (χ3v) is 6.14. The van der Waals surface area contributed by atoms with Gasteiger partial charge in [-0.05, 0) is 49.0 Å². The number of rotatable bonds is 10. The SMILES string of the molecule is c1ccc(COCCN2CCN(CCc3ccc(CN4CCCC4)cc3)C2)cc1. The highest BCUT2D eigenvalue weighted by Crippen LogP contribution is 2.14. The smallest absolute Gasteiger partial charge is 0.0717 e. The first-order valence-electron chi connectivity index (χ1n) is 11.2. The van der Waals surface area contributed by atoms with Gasteiger partial charge in [-0.1, -0.05) is 54.6 Å². The summed E-state index contributed by atoms with van der Waals surface area (Å²) in [5, 5.41) is 0. The van der Waals surface area contributed by atoms with E-state index in [9.17, 15) is 0 Å². The first-order valence-corrected chi connectivity index (χ1v) is 11.2. The van der Waals surface area contributed by atoms with Gasteiger partial charge in [0.25, 0.3) is 0 Å². The molecule has 0 aromatic heterocycles. The summed E-state index contributed by atoms with van der Waals surface area (Å²) in [5.74, 6) is 0. The molecule has 2 fully saturated rings. The maximum Gasteiger partial charge on any atom is 0.0717 e. The molecular formula is C25H35N3O. The fraction of sp³-hybridized carbons (Fsp3) is 0.520. The minimum atomic E-state index is 0.714. The third kappa shape index (κ3) is 6.65. The van der Waals surface area contributed by atoms with E-state index in [-0.39, 0.29) is 0 Å². The van der Waals surface area contributed by atoms with Crippen LogP contribution < -0.4 is 0 Å². The van der Waals surface area contributed by atoms with Crippen molar-refractivity contribution in [2.45, 2.75) is 32.4 Å². The van der Waals surface area contributed by atoms with Gasteiger partial charge in [0.1, 0.15) is 0 Å². The van der Waals surface area contributed by atoms with Gasteiger partial charge in [0.05, 0.1) is 19.9 Å². The lowest BCUT2D eigenvalue weighted by atomic mass is 10.1. The second-order valence-corrected chi connectivity index (χ2v) is 8.47. The van der Waals surface area contributed by atoms with Gasteiger partial charge in [0, 0.05) is 32.7 Å². The molecule has 0 bridgehead atoms. The minimum absolute atomic E-state index is 0.714. The Labute approximate surface area is 176 Å². The molecular weight excluding hydrogens is 358 g/mol. The van der Waals surface area contributed by atoms with E-state index in [1.54, 1.807) is 0 Å². The molecule has 4 heteroatoms. The normalized spacial score (nSPS) is 18.6. The van der Waals surface area contributed by atoms with Gasteiger partial charge < -0.3 is 4.74 Å². The first-order chi connectivity index (χ1) is 14.3. The monoisotopic (exact) mass is 393 g/mol. The minimum Gasteiger partial charge on any atom is -0.375 e. The van der Waals surface area contributed by atoms with Crippen LogP contribution >= 0.6 is 0 Å². The first kappa shape index (κ1) is 20.5. The van der Waals surface area contributed by atoms with Crippen molar-refractivity contribution in [2.75, 3.05) is 52.5 Å². The van der Waals surface area contributed by atoms with Gasteiger partial charge in [0.15, 0.2) is 0 Å². The second kappa shape index (κ2) is 10.9. The van der Waals surface area contributed by atoms with Gasteiger partial charge in [-0.15, -0.1) is 0 Å². The number of ether oxygens (including phenoxy) is 1. The summed E-state index contributed by atoms with van der Waals surface area (Å²) in [5.41, 5.74) is 4.17. The average Bonchev–Trinajstić information content (AvgIpc) is 3.44. The lowest BCUT2D eigenvalue weighted by Crippen LogP contribution is -2.29. The van der Waals surface area contributed by atoms with E-state index in [1.165, 1.54) is 49.2 Å². The molecule has 2 aliphatic heterocycles. The molecule has 2 heterocycles. The Morgan fingerprint density at radius 3 is 2.10 bits per heavy atom. The molecule has 0 saturated carbocycles. The summed E-state index contributed by atoms with van der Waals surface area (Å²) in [6.45, 7) is 10.7. The van der Waals surface area contributed by atoms with Crippen molar-refractivity contribution in [3.8, 4) is 0 Å². The highest BCUT2D eigenvalue weighted by atomic mass is 16.5. The average molecular weight is 394 g/mol. The Bertz CT molecular complexity index is 713. The van der Waals surface area contributed by atoms with Crippen molar-refractivity contribution in [1.29, 1.82) is 0 Å². The predicted molar refractivity (Wildman–Crippen MR) is 119 cm³/mol. The Morgan fingerprint density at radius 1 is 0.655 bits per heavy atom. The molecule has 0 unspecified atom stereocenters. The van der Waals surface area contributed by atoms with Crippen LogP contribution in [0.15, 0.2) is 54.6 Å². The molecule has 4 rings (SSSR count). The molecule has 0 spiro atoms. The molecule has 2 aromatic carbocycles. The molecule has 2 aliphatic rings. The standard InChI is InChI=1S/C25H35N3O/c1-2-6-25(7-3-1)21-29-19-18-28-17-16-27(22-28)15-12-23-8-10-24(11-9-23)20-26-13-4-5-14-26/h1-3,6-11H,4-5,12-22H2. The zero-order valence-electron chi connectivity index (χ0n) is 17.6. The van der Waals surface area contributed by atoms with E-state index < -0.39 is 0 Å². The summed E-state index contributed by atoms with van der Waals surface area (Å²) in [6, 6.07) is 19.7. The molecule has 2 aromatic rings. The lowest BCUT2D eigenvalue weighted by Gasteiger charge is -2.18. The van der Waals surface area contributed by atoms with Crippen LogP contribution in [0.5, 0.6) is 0 Å². The number of benzene rings is 2. The van der Waals surface area contributed by atoms with Crippen LogP contribution in [0.4, 0.5) is 0 Å². The number of likely N-dealkylation sites (tertiary alicyclic amines) is 1. The molecule has 29 heavy (non-hydrogen) atoms. The fourth-order valence-corrected chi connectivity index (χ4v) is 4.33. The van der Waals surface area contributed by atoms with Crippen molar-refractivity contribution in [1.82, 2.24) is 14.7 Å². The van der Waals surface area contributed by atoms with Crippen LogP contribution in [0.25, 0.3) is 0 Å². The largest absolute Gasteiger partial charge is 0.375 e. The van der Waals surface area contributed by atoms with E-state index in [1.807, 2.05) is 6.07 Å². The number of nitrogens with zero attached hydrogens (tertiary/aromatic N) is 3. The Morgan fingerprint density at radius 2 is 1.34 bits per heavy atom. The van der Waals surface area contributed by atoms with Crippen LogP contribution in [0.1, 0.15) is 29.5 Å². The Balaban J connectivity index is 1.10. The second-order valence-electron chi connectivity index (χ2n) is 8.47. The number of hydrogen-bond donors (Lipinski definition) is 0. The molecule has 0 radical (unpaired) electrons. The zero-order chi connectivity index (χ0) is 19.7. The molecule has 0 amide bonds. The van der Waals surface area contributed by atoms with Gasteiger partial charge in [-0.2, -0.15) is 0 Å². The van der Waals surface area contributed by atoms with E-state index in [0.717, 1.165) is 45.9 Å². The zero-order valence-corrected chi connectivity index (χ0v) is 17.6. The summed E-state index contributed by atoms with van der Waals surface area (Å²) < 4.78 is 5.84. The summed E-state index contributed by atoms with van der Waals surface area (Å²) >= 11 is 0. The van der Waals surface area contributed by atoms with Gasteiger partial charge in [-0.25, -0.2) is 0 Å². The van der Waals surface area contributed by atoms with Crippen molar-refractivity contribution < 1.29 is 4.74 Å². The van der Waals surface area contributed by atoms with Gasteiger partial charge in [-0.3, -0.25) is 14.7 Å². The van der Waals surface area contributed by atoms with E-state index in [2.05, 4.69) is 63.2 Å². The van der Waals surface area contributed by atoms with E-state index in [0.29, 0.717) is 6.61 Å². The van der Waals surface area contributed by atoms with Crippen LogP contribution in [-0.2, 0) is 24.3 Å². The number of hydrogen-bond acceptors (Lipinski definition) is 4. The highest BCUT2D eigenvalue weighted by Gasteiger charge is 2.19. The van der Waals surface area contributed by atoms with Gasteiger partial charge >= 0.3 is 0 Å². The van der Waals surface area contributed by atoms with Crippen LogP contribution in [0.2, 0.25) is 0 Å². The van der Waals surface area contributed by atoms with Crippen molar-refractivity contribution in [3.63, 3.8) is 0 Å². The molecule has 0 atom stereocenters. The maximum absolute atomic E-state index is 5.84. The van der Waals surface area contributed by atoms with Crippen LogP contribution in [0.3, 0.4) is 0 Å². The third-order valence-electron chi connectivity index (χ3n) is 6.14. The Kier molecular flexibility index (Phi) is 7.71. The van der Waals surface area contributed by atoms with Crippen LogP contribution in [-0.4, -0.2) is 67.2 Å². The maximum atomic E-state index is 5.84. The van der Waals surface area contributed by atoms with E-state index >= 15 is 0 Å². The molecule has 0 N–H and O–H groups in total.